The van der Waals surface area contributed by atoms with Gasteiger partial charge in [0, 0.05) is 45.2 Å². The van der Waals surface area contributed by atoms with Gasteiger partial charge in [0.1, 0.15) is 11.2 Å². The van der Waals surface area contributed by atoms with Crippen LogP contribution in [-0.2, 0) is 26.5 Å². The molecule has 0 atom stereocenters. The summed E-state index contributed by atoms with van der Waals surface area (Å²) in [4.78, 5) is 9.93. The minimum absolute atomic E-state index is 0. The number of hydrogen-bond donors (Lipinski definition) is 0. The Morgan fingerprint density at radius 2 is 1.40 bits per heavy atom. The summed E-state index contributed by atoms with van der Waals surface area (Å²) >= 11 is 0. The molecule has 4 heterocycles. The van der Waals surface area contributed by atoms with Crippen molar-refractivity contribution in [1.82, 2.24) is 14.5 Å². The second-order valence-corrected chi connectivity index (χ2v) is 23.8. The predicted molar refractivity (Wildman–Crippen MR) is 277 cm³/mol. The summed E-state index contributed by atoms with van der Waals surface area (Å²) in [6, 6.07) is 60.6. The van der Waals surface area contributed by atoms with E-state index in [0.29, 0.717) is 0 Å². The molecule has 0 bridgehead atoms. The van der Waals surface area contributed by atoms with Gasteiger partial charge in [-0.15, -0.1) is 59.7 Å². The van der Waals surface area contributed by atoms with E-state index < -0.39 is 14.4 Å². The van der Waals surface area contributed by atoms with Gasteiger partial charge in [-0.25, -0.2) is 0 Å². The molecule has 0 unspecified atom stereocenters. The van der Waals surface area contributed by atoms with Crippen LogP contribution < -0.4 is 5.19 Å². The van der Waals surface area contributed by atoms with Gasteiger partial charge >= 0.3 is 0 Å². The molecule has 7 heteroatoms. The van der Waals surface area contributed by atoms with Crippen molar-refractivity contribution in [3.63, 3.8) is 0 Å². The maximum atomic E-state index is 8.99. The molecule has 1 saturated carbocycles. The zero-order valence-corrected chi connectivity index (χ0v) is 41.1. The molecule has 0 aliphatic heterocycles. The molecular weight excluding hydrogens is 1010 g/mol. The van der Waals surface area contributed by atoms with Gasteiger partial charge in [0.2, 0.25) is 0 Å². The molecule has 0 amide bonds. The van der Waals surface area contributed by atoms with Crippen molar-refractivity contribution in [2.45, 2.75) is 58.1 Å². The van der Waals surface area contributed by atoms with Crippen LogP contribution >= 0.6 is 0 Å². The van der Waals surface area contributed by atoms with Gasteiger partial charge in [-0.1, -0.05) is 154 Å². The molecule has 0 spiro atoms. The molecule has 5 nitrogen and oxygen atoms in total. The van der Waals surface area contributed by atoms with Crippen molar-refractivity contribution in [1.29, 1.82) is 0 Å². The number of furan rings is 2. The molecule has 0 N–H and O–H groups in total. The number of aromatic nitrogens is 3. The first-order chi connectivity index (χ1) is 33.1. The number of benzene rings is 8. The van der Waals surface area contributed by atoms with Gasteiger partial charge in [0.25, 0.3) is 0 Å². The molecule has 13 rings (SSSR count). The van der Waals surface area contributed by atoms with Crippen LogP contribution in [0.3, 0.4) is 0 Å². The second-order valence-electron chi connectivity index (χ2n) is 18.7. The van der Waals surface area contributed by atoms with Crippen LogP contribution in [0.25, 0.3) is 105 Å². The first-order valence-corrected chi connectivity index (χ1v) is 26.7. The smallest absolute Gasteiger partial charge is 0.158 e. The zero-order chi connectivity index (χ0) is 46.1. The van der Waals surface area contributed by atoms with Gasteiger partial charge in [-0.05, 0) is 75.0 Å². The van der Waals surface area contributed by atoms with Crippen LogP contribution in [0.2, 0.25) is 19.6 Å². The Morgan fingerprint density at radius 1 is 0.657 bits per heavy atom. The molecule has 331 valence electrons. The fourth-order valence-corrected chi connectivity index (χ4v) is 11.5. The monoisotopic (exact) mass is 1070 g/mol. The van der Waals surface area contributed by atoms with E-state index in [-0.39, 0.29) is 26.0 Å². The summed E-state index contributed by atoms with van der Waals surface area (Å²) in [6.45, 7) is 6.83. The van der Waals surface area contributed by atoms with Crippen molar-refractivity contribution in [2.75, 3.05) is 0 Å². The van der Waals surface area contributed by atoms with E-state index in [0.717, 1.165) is 130 Å². The van der Waals surface area contributed by atoms with Gasteiger partial charge < -0.3 is 18.4 Å². The van der Waals surface area contributed by atoms with Gasteiger partial charge in [-0.2, -0.15) is 0 Å². The number of imidazole rings is 1. The van der Waals surface area contributed by atoms with Crippen LogP contribution in [0.1, 0.15) is 40.4 Å². The summed E-state index contributed by atoms with van der Waals surface area (Å²) in [5.41, 5.74) is 9.77. The minimum Gasteiger partial charge on any atom is -0.500 e. The Hall–Kier alpha value is -6.63. The summed E-state index contributed by atoms with van der Waals surface area (Å²) in [5, 5.41) is 10.1. The Kier molecular flexibility index (Phi) is 10.6. The molecular formula is C60H49IrN3O2Si-2. The average Bonchev–Trinajstić information content (AvgIpc) is 4.07. The Balaban J connectivity index is 0.000000172. The Bertz CT molecular complexity index is 3880. The van der Waals surface area contributed by atoms with Crippen LogP contribution in [0, 0.1) is 18.1 Å². The molecule has 67 heavy (non-hydrogen) atoms. The first kappa shape index (κ1) is 40.6. The fourth-order valence-electron chi connectivity index (χ4n) is 10.1. The van der Waals surface area contributed by atoms with E-state index in [2.05, 4.69) is 151 Å². The normalized spacial score (nSPS) is 14.1. The number of hydrogen-bond acceptors (Lipinski definition) is 4. The van der Waals surface area contributed by atoms with Crippen LogP contribution in [0.15, 0.2) is 173 Å². The predicted octanol–water partition coefficient (Wildman–Crippen LogP) is 15.8. The average molecular weight is 1070 g/mol. The van der Waals surface area contributed by atoms with Crippen molar-refractivity contribution in [3.05, 3.63) is 182 Å². The van der Waals surface area contributed by atoms with Gasteiger partial charge in [-0.3, -0.25) is 4.98 Å². The third kappa shape index (κ3) is 7.89. The number of nitrogens with zero attached hydrogens (tertiary/aromatic N) is 3. The van der Waals surface area contributed by atoms with E-state index in [1.165, 1.54) is 17.2 Å². The van der Waals surface area contributed by atoms with Crippen molar-refractivity contribution in [3.8, 4) is 28.3 Å². The van der Waals surface area contributed by atoms with Gasteiger partial charge in [0.15, 0.2) is 5.58 Å². The summed E-state index contributed by atoms with van der Waals surface area (Å²) in [6.07, 6.45) is 6.18. The number of para-hydroxylation sites is 2. The number of pyridine rings is 1. The Labute approximate surface area is 407 Å². The SMILES string of the molecule is [2H]C([2H])(c1cc(-c2[c-]cccc2)ncc1[Si](C)(C)C)C1CCCCC1.[Ir].[c-]1cc2oc3ccc4ccccc4c3c2cc1-c1nc2cc3ccccc3cc2n1-c1cccc2c1oc1ccccc12. The molecule has 0 saturated heterocycles. The molecule has 1 aliphatic carbocycles. The zero-order valence-electron chi connectivity index (χ0n) is 39.7. The van der Waals surface area contributed by atoms with E-state index in [1.807, 2.05) is 54.7 Å². The largest absolute Gasteiger partial charge is 0.500 e. The maximum Gasteiger partial charge on any atom is 0.158 e. The topological polar surface area (TPSA) is 57.0 Å². The standard InChI is InChI=1S/C39H21N2O2.C21H28NSi.Ir/c1-2-10-25-22-33-31(21-24(25)9-1)40-39(41(33)32-14-7-13-29-28-12-5-6-15-34(28)43-38(29)32)26-17-18-35-30(20-26)37-27-11-4-3-8-23(27)16-19-36(37)42-35;1-23(2,3)21-16-22-20(18-12-8-5-9-13-18)15-19(21)14-17-10-6-4-7-11-17;/h1-16,18-22H;5,8-9,12,15-17H,4,6-7,10-11,14H2,1-3H3;/q2*-1;/i;14D2;. The van der Waals surface area contributed by atoms with Crippen molar-refractivity contribution in [2.24, 2.45) is 5.92 Å². The second kappa shape index (κ2) is 17.5. The molecule has 1 aliphatic rings. The van der Waals surface area contributed by atoms with Crippen molar-refractivity contribution < 1.29 is 31.7 Å². The molecule has 8 aromatic carbocycles. The summed E-state index contributed by atoms with van der Waals surface area (Å²) < 4.78 is 33.0. The van der Waals surface area contributed by atoms with Crippen LogP contribution in [0.5, 0.6) is 0 Å². The molecule has 4 aromatic heterocycles. The molecule has 12 aromatic rings. The van der Waals surface area contributed by atoms with E-state index >= 15 is 0 Å². The third-order valence-electron chi connectivity index (χ3n) is 13.3. The van der Waals surface area contributed by atoms with Gasteiger partial charge in [0.05, 0.1) is 36.2 Å². The number of rotatable bonds is 6. The quantitative estimate of drug-likeness (QED) is 0.123. The van der Waals surface area contributed by atoms with Crippen molar-refractivity contribution >= 4 is 89.7 Å². The molecule has 1 fully saturated rings. The minimum atomic E-state index is -1.69. The number of fused-ring (bicyclic) bond motifs is 10. The summed E-state index contributed by atoms with van der Waals surface area (Å²) in [5.74, 6) is 0.918. The maximum absolute atomic E-state index is 8.99. The van der Waals surface area contributed by atoms with Crippen LogP contribution in [-0.4, -0.2) is 22.6 Å². The fraction of sp³-hybridized carbons (Fsp3) is 0.167. The third-order valence-corrected chi connectivity index (χ3v) is 15.4. The molecule has 1 radical (unpaired) electrons. The Morgan fingerprint density at radius 3 is 2.21 bits per heavy atom. The van der Waals surface area contributed by atoms with E-state index in [4.69, 9.17) is 16.6 Å². The van der Waals surface area contributed by atoms with E-state index in [1.54, 1.807) is 0 Å². The van der Waals surface area contributed by atoms with Crippen LogP contribution in [0.4, 0.5) is 0 Å². The van der Waals surface area contributed by atoms with E-state index in [9.17, 15) is 0 Å². The summed E-state index contributed by atoms with van der Waals surface area (Å²) in [7, 11) is -1.69. The first-order valence-electron chi connectivity index (χ1n) is 24.2.